The van der Waals surface area contributed by atoms with Gasteiger partial charge >= 0.3 is 0 Å². The minimum Gasteiger partial charge on any atom is -0.322 e. The van der Waals surface area contributed by atoms with Crippen LogP contribution in [0.1, 0.15) is 34.3 Å². The molecule has 5 rings (SSSR count). The van der Waals surface area contributed by atoms with Crippen LogP contribution in [0.5, 0.6) is 0 Å². The summed E-state index contributed by atoms with van der Waals surface area (Å²) in [7, 11) is 0. The monoisotopic (exact) mass is 485 g/mol. The van der Waals surface area contributed by atoms with Crippen molar-refractivity contribution < 1.29 is 9.18 Å². The summed E-state index contributed by atoms with van der Waals surface area (Å²) < 4.78 is 14.9. The number of carbonyl (C=O) groups is 1. The third kappa shape index (κ3) is 5.09. The highest BCUT2D eigenvalue weighted by atomic mass is 32.2. The Hall–Kier alpha value is -3.22. The second-order valence-corrected chi connectivity index (χ2v) is 9.89. The molecule has 0 aliphatic carbocycles. The first-order valence-electron chi connectivity index (χ1n) is 11.9. The standard InChI is InChI=1S/C29H28FN3OS/c1-19-27(12-8-23-15-20(17-31-28(19)23)18-33-13-3-4-14-33)32-29(34)25-11-7-22(16-26(25)30)21-5-9-24(35-2)10-6-21/h5-12,15-17H,3-4,13-14,18H2,1-2H3,(H,32,34). The van der Waals surface area contributed by atoms with Crippen molar-refractivity contribution in [1.29, 1.82) is 0 Å². The Balaban J connectivity index is 1.34. The van der Waals surface area contributed by atoms with E-state index in [1.807, 2.05) is 55.8 Å². The van der Waals surface area contributed by atoms with Crippen LogP contribution in [0.3, 0.4) is 0 Å². The van der Waals surface area contributed by atoms with Gasteiger partial charge in [-0.2, -0.15) is 0 Å². The first-order valence-corrected chi connectivity index (χ1v) is 13.1. The van der Waals surface area contributed by atoms with E-state index in [4.69, 9.17) is 0 Å². The molecule has 35 heavy (non-hydrogen) atoms. The van der Waals surface area contributed by atoms with Crippen LogP contribution in [0.4, 0.5) is 10.1 Å². The highest BCUT2D eigenvalue weighted by Gasteiger charge is 2.16. The van der Waals surface area contributed by atoms with Gasteiger partial charge < -0.3 is 5.32 Å². The summed E-state index contributed by atoms with van der Waals surface area (Å²) in [5.41, 5.74) is 5.21. The van der Waals surface area contributed by atoms with E-state index in [0.717, 1.165) is 52.1 Å². The molecule has 4 nitrogen and oxygen atoms in total. The molecule has 0 atom stereocenters. The molecule has 0 saturated carbocycles. The van der Waals surface area contributed by atoms with Gasteiger partial charge in [-0.25, -0.2) is 4.39 Å². The number of rotatable bonds is 6. The van der Waals surface area contributed by atoms with Gasteiger partial charge in [-0.3, -0.25) is 14.7 Å². The van der Waals surface area contributed by atoms with E-state index >= 15 is 0 Å². The van der Waals surface area contributed by atoms with Crippen LogP contribution in [-0.2, 0) is 6.54 Å². The summed E-state index contributed by atoms with van der Waals surface area (Å²) in [6.45, 7) is 5.13. The zero-order chi connectivity index (χ0) is 24.4. The fraction of sp³-hybridized carbons (Fsp3) is 0.241. The molecular weight excluding hydrogens is 457 g/mol. The predicted octanol–water partition coefficient (Wildman–Crippen LogP) is 6.92. The zero-order valence-electron chi connectivity index (χ0n) is 20.0. The molecule has 0 unspecified atom stereocenters. The number of nitrogens with one attached hydrogen (secondary N) is 1. The normalized spacial score (nSPS) is 13.9. The first-order chi connectivity index (χ1) is 17.0. The van der Waals surface area contributed by atoms with Crippen molar-refractivity contribution in [3.63, 3.8) is 0 Å². The number of halogens is 1. The number of thioether (sulfide) groups is 1. The highest BCUT2D eigenvalue weighted by molar-refractivity contribution is 7.98. The molecule has 0 bridgehead atoms. The molecule has 178 valence electrons. The molecular formula is C29H28FN3OS. The van der Waals surface area contributed by atoms with E-state index < -0.39 is 11.7 Å². The smallest absolute Gasteiger partial charge is 0.258 e. The molecule has 0 radical (unpaired) electrons. The minimum atomic E-state index is -0.544. The van der Waals surface area contributed by atoms with Crippen LogP contribution < -0.4 is 5.32 Å². The lowest BCUT2D eigenvalue weighted by Gasteiger charge is -2.15. The molecule has 6 heteroatoms. The average molecular weight is 486 g/mol. The maximum Gasteiger partial charge on any atom is 0.258 e. The molecule has 1 saturated heterocycles. The van der Waals surface area contributed by atoms with Gasteiger partial charge in [0, 0.05) is 28.7 Å². The number of nitrogens with zero attached hydrogens (tertiary/aromatic N) is 2. The Morgan fingerprint density at radius 2 is 1.77 bits per heavy atom. The Morgan fingerprint density at radius 3 is 2.49 bits per heavy atom. The SMILES string of the molecule is CSc1ccc(-c2ccc(C(=O)Nc3ccc4cc(CN5CCCC5)cnc4c3C)c(F)c2)cc1. The molecule has 1 amide bonds. The molecule has 4 aromatic rings. The number of benzene rings is 3. The van der Waals surface area contributed by atoms with E-state index in [0.29, 0.717) is 5.69 Å². The number of hydrogen-bond donors (Lipinski definition) is 1. The lowest BCUT2D eigenvalue weighted by atomic mass is 10.0. The number of pyridine rings is 1. The molecule has 1 N–H and O–H groups in total. The number of amides is 1. The van der Waals surface area contributed by atoms with Crippen molar-refractivity contribution >= 4 is 34.3 Å². The quantitative estimate of drug-likeness (QED) is 0.301. The molecule has 1 fully saturated rings. The van der Waals surface area contributed by atoms with Crippen LogP contribution in [0, 0.1) is 12.7 Å². The minimum absolute atomic E-state index is 0.0166. The third-order valence-corrected chi connectivity index (χ3v) is 7.40. The molecule has 3 aromatic carbocycles. The Morgan fingerprint density at radius 1 is 1.03 bits per heavy atom. The number of fused-ring (bicyclic) bond motifs is 1. The van der Waals surface area contributed by atoms with Crippen molar-refractivity contribution in [3.8, 4) is 11.1 Å². The van der Waals surface area contributed by atoms with Gasteiger partial charge in [0.05, 0.1) is 11.1 Å². The van der Waals surface area contributed by atoms with Gasteiger partial charge in [-0.15, -0.1) is 11.8 Å². The highest BCUT2D eigenvalue weighted by Crippen LogP contribution is 2.28. The van der Waals surface area contributed by atoms with E-state index in [-0.39, 0.29) is 5.56 Å². The number of aromatic nitrogens is 1. The third-order valence-electron chi connectivity index (χ3n) is 6.65. The number of likely N-dealkylation sites (tertiary alicyclic amines) is 1. The van der Waals surface area contributed by atoms with Gasteiger partial charge in [-0.1, -0.05) is 24.3 Å². The van der Waals surface area contributed by atoms with Crippen LogP contribution >= 0.6 is 11.8 Å². The van der Waals surface area contributed by atoms with Crippen LogP contribution in [-0.4, -0.2) is 35.1 Å². The lowest BCUT2D eigenvalue weighted by molar-refractivity contribution is 0.102. The summed E-state index contributed by atoms with van der Waals surface area (Å²) in [6.07, 6.45) is 6.46. The van der Waals surface area contributed by atoms with E-state index in [9.17, 15) is 9.18 Å². The summed E-state index contributed by atoms with van der Waals surface area (Å²) in [5, 5.41) is 3.92. The Bertz CT molecular complexity index is 1380. The Labute approximate surface area is 209 Å². The number of carbonyl (C=O) groups excluding carboxylic acids is 1. The fourth-order valence-electron chi connectivity index (χ4n) is 4.67. The maximum absolute atomic E-state index is 14.9. The molecule has 0 spiro atoms. The van der Waals surface area contributed by atoms with Crippen LogP contribution in [0.25, 0.3) is 22.0 Å². The van der Waals surface area contributed by atoms with E-state index in [1.165, 1.54) is 24.5 Å². The maximum atomic E-state index is 14.9. The van der Waals surface area contributed by atoms with Crippen molar-refractivity contribution in [3.05, 3.63) is 89.4 Å². The number of aryl methyl sites for hydroxylation is 1. The van der Waals surface area contributed by atoms with Gasteiger partial charge in [0.25, 0.3) is 5.91 Å². The topological polar surface area (TPSA) is 45.2 Å². The molecule has 1 aromatic heterocycles. The second kappa shape index (κ2) is 10.2. The largest absolute Gasteiger partial charge is 0.322 e. The zero-order valence-corrected chi connectivity index (χ0v) is 20.8. The predicted molar refractivity (Wildman–Crippen MR) is 143 cm³/mol. The molecule has 1 aliphatic heterocycles. The van der Waals surface area contributed by atoms with E-state index in [1.54, 1.807) is 23.9 Å². The van der Waals surface area contributed by atoms with Gasteiger partial charge in [0.2, 0.25) is 0 Å². The van der Waals surface area contributed by atoms with Crippen LogP contribution in [0.2, 0.25) is 0 Å². The molecule has 2 heterocycles. The van der Waals surface area contributed by atoms with Gasteiger partial charge in [-0.05, 0) is 97.8 Å². The second-order valence-electron chi connectivity index (χ2n) is 9.01. The summed E-state index contributed by atoms with van der Waals surface area (Å²) in [5.74, 6) is -1.02. The average Bonchev–Trinajstić information content (AvgIpc) is 3.38. The number of hydrogen-bond acceptors (Lipinski definition) is 4. The summed E-state index contributed by atoms with van der Waals surface area (Å²) in [6, 6.07) is 18.7. The fourth-order valence-corrected chi connectivity index (χ4v) is 5.07. The summed E-state index contributed by atoms with van der Waals surface area (Å²) in [4.78, 5) is 21.2. The van der Waals surface area contributed by atoms with Crippen LogP contribution in [0.15, 0.2) is 71.8 Å². The van der Waals surface area contributed by atoms with E-state index in [2.05, 4.69) is 21.3 Å². The van der Waals surface area contributed by atoms with Crippen molar-refractivity contribution in [2.24, 2.45) is 0 Å². The summed E-state index contributed by atoms with van der Waals surface area (Å²) >= 11 is 1.66. The van der Waals surface area contributed by atoms with Crippen molar-refractivity contribution in [1.82, 2.24) is 9.88 Å². The number of anilines is 1. The first kappa shape index (κ1) is 23.5. The molecule has 1 aliphatic rings. The van der Waals surface area contributed by atoms with Gasteiger partial charge in [0.1, 0.15) is 5.82 Å². The van der Waals surface area contributed by atoms with Gasteiger partial charge in [0.15, 0.2) is 0 Å². The lowest BCUT2D eigenvalue weighted by Crippen LogP contribution is -2.18. The van der Waals surface area contributed by atoms with Crippen molar-refractivity contribution in [2.75, 3.05) is 24.7 Å². The Kier molecular flexibility index (Phi) is 6.84. The van der Waals surface area contributed by atoms with Crippen molar-refractivity contribution in [2.45, 2.75) is 31.2 Å².